The minimum Gasteiger partial charge on any atom is -0.493 e. The van der Waals surface area contributed by atoms with Gasteiger partial charge in [-0.05, 0) is 0 Å². The predicted octanol–water partition coefficient (Wildman–Crippen LogP) is 0.432. The molecular formula is C10H12FN3O4. The number of methoxy groups -OCH3 is 2. The molecule has 98 valence electrons. The Morgan fingerprint density at radius 3 is 2.28 bits per heavy atom. The van der Waals surface area contributed by atoms with Crippen LogP contribution in [0, 0.1) is 5.82 Å². The van der Waals surface area contributed by atoms with Crippen molar-refractivity contribution in [1.82, 2.24) is 0 Å². The maximum Gasteiger partial charge on any atom is 0.316 e. The lowest BCUT2D eigenvalue weighted by Gasteiger charge is -2.14. The molecular weight excluding hydrogens is 245 g/mol. The first-order valence-corrected chi connectivity index (χ1v) is 4.73. The van der Waals surface area contributed by atoms with Crippen LogP contribution in [0.3, 0.4) is 0 Å². The quantitative estimate of drug-likeness (QED) is 0.725. The molecule has 0 saturated carbocycles. The van der Waals surface area contributed by atoms with E-state index in [0.717, 1.165) is 0 Å². The lowest BCUT2D eigenvalue weighted by molar-refractivity contribution is 0.0996. The second-order valence-corrected chi connectivity index (χ2v) is 3.20. The monoisotopic (exact) mass is 257 g/mol. The number of hydrogen-bond donors (Lipinski definition) is 3. The van der Waals surface area contributed by atoms with Gasteiger partial charge in [0.1, 0.15) is 5.56 Å². The van der Waals surface area contributed by atoms with Gasteiger partial charge in [-0.1, -0.05) is 0 Å². The number of nitrogens with two attached hydrogens (primary N) is 2. The number of benzene rings is 1. The van der Waals surface area contributed by atoms with Crippen molar-refractivity contribution in [2.45, 2.75) is 0 Å². The Hall–Kier alpha value is -2.51. The highest BCUT2D eigenvalue weighted by Crippen LogP contribution is 2.36. The average Bonchev–Trinajstić information content (AvgIpc) is 2.26. The highest BCUT2D eigenvalue weighted by atomic mass is 19.1. The van der Waals surface area contributed by atoms with Crippen LogP contribution in [0.1, 0.15) is 10.4 Å². The highest BCUT2D eigenvalue weighted by Gasteiger charge is 2.23. The van der Waals surface area contributed by atoms with Crippen LogP contribution in [-0.4, -0.2) is 26.2 Å². The first-order valence-electron chi connectivity index (χ1n) is 4.73. The number of carbonyl (C=O) groups is 2. The van der Waals surface area contributed by atoms with Crippen molar-refractivity contribution in [3.05, 3.63) is 17.4 Å². The Balaban J connectivity index is 3.54. The lowest BCUT2D eigenvalue weighted by Crippen LogP contribution is -2.24. The van der Waals surface area contributed by atoms with Crippen molar-refractivity contribution < 1.29 is 23.5 Å². The zero-order valence-electron chi connectivity index (χ0n) is 9.74. The van der Waals surface area contributed by atoms with Crippen LogP contribution in [0.5, 0.6) is 11.5 Å². The number of rotatable bonds is 4. The summed E-state index contributed by atoms with van der Waals surface area (Å²) < 4.78 is 23.6. The van der Waals surface area contributed by atoms with E-state index in [1.807, 2.05) is 0 Å². The fourth-order valence-electron chi connectivity index (χ4n) is 1.42. The van der Waals surface area contributed by atoms with E-state index >= 15 is 0 Å². The summed E-state index contributed by atoms with van der Waals surface area (Å²) in [6.07, 6.45) is 0. The van der Waals surface area contributed by atoms with E-state index in [1.54, 1.807) is 0 Å². The van der Waals surface area contributed by atoms with Crippen molar-refractivity contribution in [3.8, 4) is 11.5 Å². The van der Waals surface area contributed by atoms with Crippen LogP contribution in [0.2, 0.25) is 0 Å². The van der Waals surface area contributed by atoms with Crippen molar-refractivity contribution in [3.63, 3.8) is 0 Å². The molecule has 8 heteroatoms. The van der Waals surface area contributed by atoms with Gasteiger partial charge in [-0.3, -0.25) is 4.79 Å². The largest absolute Gasteiger partial charge is 0.493 e. The number of primary amides is 2. The fraction of sp³-hybridized carbons (Fsp3) is 0.200. The molecule has 0 aliphatic heterocycles. The van der Waals surface area contributed by atoms with Gasteiger partial charge in [-0.25, -0.2) is 9.18 Å². The van der Waals surface area contributed by atoms with E-state index in [2.05, 4.69) is 5.32 Å². The zero-order chi connectivity index (χ0) is 13.9. The molecule has 0 bridgehead atoms. The number of amides is 3. The molecule has 0 fully saturated rings. The van der Waals surface area contributed by atoms with Crippen molar-refractivity contribution in [2.24, 2.45) is 11.5 Å². The summed E-state index contributed by atoms with van der Waals surface area (Å²) >= 11 is 0. The van der Waals surface area contributed by atoms with Crippen LogP contribution < -0.4 is 26.3 Å². The van der Waals surface area contributed by atoms with Crippen LogP contribution >= 0.6 is 0 Å². The zero-order valence-corrected chi connectivity index (χ0v) is 9.74. The third-order valence-electron chi connectivity index (χ3n) is 2.12. The molecule has 7 nitrogen and oxygen atoms in total. The first-order chi connectivity index (χ1) is 8.42. The predicted molar refractivity (Wildman–Crippen MR) is 61.2 cm³/mol. The molecule has 1 rings (SSSR count). The second kappa shape index (κ2) is 5.21. The molecule has 18 heavy (non-hydrogen) atoms. The maximum absolute atomic E-state index is 14.0. The SMILES string of the molecule is COc1cc(NC(N)=O)c(C(N)=O)c(F)c1OC. The number of urea groups is 1. The second-order valence-electron chi connectivity index (χ2n) is 3.20. The minimum atomic E-state index is -1.07. The highest BCUT2D eigenvalue weighted by molar-refractivity contribution is 6.03. The normalized spacial score (nSPS) is 9.72. The molecule has 5 N–H and O–H groups in total. The standard InChI is InChI=1S/C10H12FN3O4/c1-17-5-3-4(14-10(13)16)6(9(12)15)7(11)8(5)18-2/h3H,1-2H3,(H2,12,15)(H3,13,14,16). The summed E-state index contributed by atoms with van der Waals surface area (Å²) in [6.45, 7) is 0. The van der Waals surface area contributed by atoms with Crippen LogP contribution in [-0.2, 0) is 0 Å². The van der Waals surface area contributed by atoms with Crippen molar-refractivity contribution in [1.29, 1.82) is 0 Å². The van der Waals surface area contributed by atoms with Gasteiger partial charge in [0.25, 0.3) is 5.91 Å². The molecule has 0 saturated heterocycles. The fourth-order valence-corrected chi connectivity index (χ4v) is 1.42. The van der Waals surface area contributed by atoms with Crippen LogP contribution in [0.4, 0.5) is 14.9 Å². The summed E-state index contributed by atoms with van der Waals surface area (Å²) in [4.78, 5) is 22.0. The first kappa shape index (κ1) is 13.6. The Morgan fingerprint density at radius 2 is 1.89 bits per heavy atom. The van der Waals surface area contributed by atoms with Gasteiger partial charge in [0.2, 0.25) is 0 Å². The van der Waals surface area contributed by atoms with Crippen molar-refractivity contribution in [2.75, 3.05) is 19.5 Å². The summed E-state index contributed by atoms with van der Waals surface area (Å²) in [5.41, 5.74) is 9.22. The molecule has 0 aliphatic rings. The Labute approximate surface area is 102 Å². The van der Waals surface area contributed by atoms with E-state index in [1.165, 1.54) is 20.3 Å². The summed E-state index contributed by atoms with van der Waals surface area (Å²) in [5.74, 6) is -2.41. The maximum atomic E-state index is 14.0. The Kier molecular flexibility index (Phi) is 3.93. The number of anilines is 1. The third-order valence-corrected chi connectivity index (χ3v) is 2.12. The lowest BCUT2D eigenvalue weighted by atomic mass is 10.1. The van der Waals surface area contributed by atoms with Crippen LogP contribution in [0.15, 0.2) is 6.07 Å². The van der Waals surface area contributed by atoms with Gasteiger partial charge < -0.3 is 26.3 Å². The molecule has 0 spiro atoms. The molecule has 1 aromatic rings. The number of halogens is 1. The van der Waals surface area contributed by atoms with Gasteiger partial charge in [0, 0.05) is 6.07 Å². The van der Waals surface area contributed by atoms with E-state index < -0.39 is 23.3 Å². The summed E-state index contributed by atoms with van der Waals surface area (Å²) in [6, 6.07) is 0.219. The van der Waals surface area contributed by atoms with Gasteiger partial charge in [-0.2, -0.15) is 0 Å². The van der Waals surface area contributed by atoms with E-state index in [9.17, 15) is 14.0 Å². The number of ether oxygens (including phenoxy) is 2. The van der Waals surface area contributed by atoms with Gasteiger partial charge in [0.05, 0.1) is 19.9 Å². The Bertz CT molecular complexity index is 504. The van der Waals surface area contributed by atoms with Gasteiger partial charge >= 0.3 is 6.03 Å². The molecule has 1 aromatic carbocycles. The van der Waals surface area contributed by atoms with Gasteiger partial charge in [-0.15, -0.1) is 0 Å². The number of nitrogens with one attached hydrogen (secondary N) is 1. The molecule has 0 atom stereocenters. The minimum absolute atomic E-state index is 0.0104. The van der Waals surface area contributed by atoms with E-state index in [-0.39, 0.29) is 17.2 Å². The van der Waals surface area contributed by atoms with Crippen LogP contribution in [0.25, 0.3) is 0 Å². The topological polar surface area (TPSA) is 117 Å². The smallest absolute Gasteiger partial charge is 0.316 e. The Morgan fingerprint density at radius 1 is 1.28 bits per heavy atom. The number of hydrogen-bond acceptors (Lipinski definition) is 4. The summed E-state index contributed by atoms with van der Waals surface area (Å²) in [7, 11) is 2.47. The van der Waals surface area contributed by atoms with Gasteiger partial charge in [0.15, 0.2) is 17.3 Å². The molecule has 0 heterocycles. The van der Waals surface area contributed by atoms with E-state index in [4.69, 9.17) is 20.9 Å². The molecule has 0 aromatic heterocycles. The van der Waals surface area contributed by atoms with Crippen molar-refractivity contribution >= 4 is 17.6 Å². The third kappa shape index (κ3) is 2.42. The average molecular weight is 257 g/mol. The van der Waals surface area contributed by atoms with E-state index in [0.29, 0.717) is 0 Å². The number of carbonyl (C=O) groups excluding carboxylic acids is 2. The summed E-state index contributed by atoms with van der Waals surface area (Å²) in [5, 5.41) is 2.08. The molecule has 0 radical (unpaired) electrons. The molecule has 0 aliphatic carbocycles. The molecule has 3 amide bonds. The molecule has 0 unspecified atom stereocenters.